The Morgan fingerprint density at radius 2 is 1.55 bits per heavy atom. The van der Waals surface area contributed by atoms with Crippen molar-refractivity contribution in [2.45, 2.75) is 0 Å². The summed E-state index contributed by atoms with van der Waals surface area (Å²) in [5, 5.41) is 2.77. The van der Waals surface area contributed by atoms with Gasteiger partial charge in [0.15, 0.2) is 0 Å². The van der Waals surface area contributed by atoms with Crippen LogP contribution in [0.2, 0.25) is 15.3 Å². The molecular weight excluding hydrogens is 353 g/mol. The summed E-state index contributed by atoms with van der Waals surface area (Å²) >= 11 is 17.9. The third-order valence-electron chi connectivity index (χ3n) is 2.68. The molecule has 1 heterocycles. The van der Waals surface area contributed by atoms with Crippen LogP contribution in [0.25, 0.3) is 0 Å². The number of rotatable bonds is 4. The second kappa shape index (κ2) is 7.00. The summed E-state index contributed by atoms with van der Waals surface area (Å²) < 4.78 is 10.2. The molecule has 0 unspecified atom stereocenters. The average molecular weight is 363 g/mol. The van der Waals surface area contributed by atoms with E-state index >= 15 is 0 Å². The maximum atomic E-state index is 12.4. The largest absolute Gasteiger partial charge is 0.495 e. The van der Waals surface area contributed by atoms with Gasteiger partial charge in [-0.3, -0.25) is 4.79 Å². The molecule has 1 N–H and O–H groups in total. The molecule has 0 aliphatic heterocycles. The Morgan fingerprint density at radius 1 is 1.05 bits per heavy atom. The Hall–Kier alpha value is -1.76. The number of nitrogens with zero attached hydrogens (tertiary/aromatic N) is 2. The number of methoxy groups -OCH3 is 2. The highest BCUT2D eigenvalue weighted by atomic mass is 35.5. The van der Waals surface area contributed by atoms with E-state index in [9.17, 15) is 4.79 Å². The average Bonchev–Trinajstić information content (AvgIpc) is 2.50. The number of amides is 1. The molecule has 0 radical (unpaired) electrons. The molecule has 22 heavy (non-hydrogen) atoms. The van der Waals surface area contributed by atoms with Gasteiger partial charge < -0.3 is 14.8 Å². The van der Waals surface area contributed by atoms with Gasteiger partial charge in [-0.25, -0.2) is 9.97 Å². The molecule has 2 aromatic rings. The third kappa shape index (κ3) is 3.35. The van der Waals surface area contributed by atoms with Crippen molar-refractivity contribution in [3.05, 3.63) is 39.4 Å². The van der Waals surface area contributed by atoms with Gasteiger partial charge in [-0.1, -0.05) is 23.2 Å². The summed E-state index contributed by atoms with van der Waals surface area (Å²) in [4.78, 5) is 19.9. The highest BCUT2D eigenvalue weighted by Crippen LogP contribution is 2.40. The lowest BCUT2D eigenvalue weighted by Gasteiger charge is -2.14. The fraction of sp³-hybridized carbons (Fsp3) is 0.154. The van der Waals surface area contributed by atoms with Gasteiger partial charge in [-0.05, 0) is 11.6 Å². The van der Waals surface area contributed by atoms with Crippen LogP contribution < -0.4 is 14.8 Å². The summed E-state index contributed by atoms with van der Waals surface area (Å²) in [7, 11) is 2.84. The smallest absolute Gasteiger partial charge is 0.259 e. The van der Waals surface area contributed by atoms with Crippen LogP contribution in [0, 0.1) is 0 Å². The molecule has 1 aromatic carbocycles. The minimum absolute atomic E-state index is 0.0227. The highest BCUT2D eigenvalue weighted by molar-refractivity contribution is 6.42. The van der Waals surface area contributed by atoms with Crippen molar-refractivity contribution in [3.8, 4) is 11.5 Å². The number of anilines is 1. The first-order chi connectivity index (χ1) is 10.5. The molecule has 0 aliphatic carbocycles. The molecule has 0 spiro atoms. The first kappa shape index (κ1) is 16.6. The number of nitrogens with one attached hydrogen (secondary N) is 1. The molecule has 116 valence electrons. The van der Waals surface area contributed by atoms with Gasteiger partial charge in [-0.2, -0.15) is 0 Å². The number of carbonyl (C=O) groups excluding carboxylic acids is 1. The zero-order valence-corrected chi connectivity index (χ0v) is 13.8. The Morgan fingerprint density at radius 3 is 2.00 bits per heavy atom. The van der Waals surface area contributed by atoms with Crippen molar-refractivity contribution >= 4 is 46.4 Å². The molecule has 0 atom stereocenters. The lowest BCUT2D eigenvalue weighted by molar-refractivity contribution is 0.102. The fourth-order valence-electron chi connectivity index (χ4n) is 1.66. The van der Waals surface area contributed by atoms with Crippen molar-refractivity contribution in [1.29, 1.82) is 0 Å². The SMILES string of the molecule is COc1cc(OC)c(Cl)c(C(=O)Nc2cnc(Cl)nc2)c1Cl. The Labute approximate surface area is 141 Å². The fourth-order valence-corrected chi connectivity index (χ4v) is 2.43. The molecule has 0 saturated heterocycles. The van der Waals surface area contributed by atoms with Gasteiger partial charge in [0.1, 0.15) is 11.5 Å². The van der Waals surface area contributed by atoms with Crippen LogP contribution in [0.15, 0.2) is 18.5 Å². The van der Waals surface area contributed by atoms with Crippen LogP contribution >= 0.6 is 34.8 Å². The first-order valence-corrected chi connectivity index (χ1v) is 7.00. The van der Waals surface area contributed by atoms with Gasteiger partial charge >= 0.3 is 0 Å². The molecule has 0 saturated carbocycles. The molecule has 6 nitrogen and oxygen atoms in total. The van der Waals surface area contributed by atoms with Gasteiger partial charge in [0.2, 0.25) is 5.28 Å². The Balaban J connectivity index is 2.42. The Bertz CT molecular complexity index is 680. The first-order valence-electron chi connectivity index (χ1n) is 5.86. The molecule has 0 aliphatic rings. The number of benzene rings is 1. The number of ether oxygens (including phenoxy) is 2. The molecule has 1 amide bonds. The maximum absolute atomic E-state index is 12.4. The van der Waals surface area contributed by atoms with Crippen molar-refractivity contribution in [2.75, 3.05) is 19.5 Å². The minimum atomic E-state index is -0.557. The van der Waals surface area contributed by atoms with Crippen molar-refractivity contribution < 1.29 is 14.3 Å². The standard InChI is InChI=1S/C13H10Cl3N3O3/c1-21-7-3-8(22-2)11(15)9(10(7)14)12(20)19-6-4-17-13(16)18-5-6/h3-5H,1-2H3,(H,19,20). The van der Waals surface area contributed by atoms with E-state index in [1.165, 1.54) is 32.7 Å². The van der Waals surface area contributed by atoms with E-state index in [1.54, 1.807) is 0 Å². The van der Waals surface area contributed by atoms with E-state index in [-0.39, 0.29) is 32.4 Å². The molecular formula is C13H10Cl3N3O3. The summed E-state index contributed by atoms with van der Waals surface area (Å²) in [6, 6.07) is 1.49. The number of carbonyl (C=O) groups is 1. The van der Waals surface area contributed by atoms with E-state index in [0.29, 0.717) is 5.69 Å². The van der Waals surface area contributed by atoms with Crippen molar-refractivity contribution in [3.63, 3.8) is 0 Å². The van der Waals surface area contributed by atoms with Gasteiger partial charge in [0.05, 0.1) is 47.9 Å². The van der Waals surface area contributed by atoms with Crippen LogP contribution in [0.4, 0.5) is 5.69 Å². The summed E-state index contributed by atoms with van der Waals surface area (Å²) in [5.41, 5.74) is 0.359. The third-order valence-corrected chi connectivity index (χ3v) is 3.62. The van der Waals surface area contributed by atoms with Gasteiger partial charge in [-0.15, -0.1) is 0 Å². The summed E-state index contributed by atoms with van der Waals surface area (Å²) in [5.74, 6) is -0.0287. The predicted molar refractivity (Wildman–Crippen MR) is 84.6 cm³/mol. The van der Waals surface area contributed by atoms with Crippen LogP contribution in [-0.4, -0.2) is 30.1 Å². The number of hydrogen-bond donors (Lipinski definition) is 1. The molecule has 0 bridgehead atoms. The van der Waals surface area contributed by atoms with Crippen LogP contribution in [-0.2, 0) is 0 Å². The summed E-state index contributed by atoms with van der Waals surface area (Å²) in [6.07, 6.45) is 2.71. The zero-order valence-electron chi connectivity index (χ0n) is 11.5. The second-order valence-electron chi connectivity index (χ2n) is 3.98. The van der Waals surface area contributed by atoms with E-state index in [0.717, 1.165) is 0 Å². The maximum Gasteiger partial charge on any atom is 0.259 e. The zero-order chi connectivity index (χ0) is 16.3. The van der Waals surface area contributed by atoms with E-state index in [2.05, 4.69) is 15.3 Å². The Kier molecular flexibility index (Phi) is 5.28. The number of aromatic nitrogens is 2. The van der Waals surface area contributed by atoms with E-state index in [4.69, 9.17) is 44.3 Å². The second-order valence-corrected chi connectivity index (χ2v) is 5.07. The monoisotopic (exact) mass is 361 g/mol. The topological polar surface area (TPSA) is 73.3 Å². The number of halogens is 3. The van der Waals surface area contributed by atoms with Crippen molar-refractivity contribution in [2.24, 2.45) is 0 Å². The normalized spacial score (nSPS) is 10.2. The van der Waals surface area contributed by atoms with Gasteiger partial charge in [0, 0.05) is 6.07 Å². The molecule has 1 aromatic heterocycles. The highest BCUT2D eigenvalue weighted by Gasteiger charge is 2.23. The molecule has 0 fully saturated rings. The van der Waals surface area contributed by atoms with Crippen LogP contribution in [0.1, 0.15) is 10.4 Å². The lowest BCUT2D eigenvalue weighted by atomic mass is 10.1. The van der Waals surface area contributed by atoms with Gasteiger partial charge in [0.25, 0.3) is 5.91 Å². The molecule has 2 rings (SSSR count). The quantitative estimate of drug-likeness (QED) is 0.839. The predicted octanol–water partition coefficient (Wildman–Crippen LogP) is 3.71. The summed E-state index contributed by atoms with van der Waals surface area (Å²) in [6.45, 7) is 0. The van der Waals surface area contributed by atoms with Crippen molar-refractivity contribution in [1.82, 2.24) is 9.97 Å². The van der Waals surface area contributed by atoms with E-state index < -0.39 is 5.91 Å². The minimum Gasteiger partial charge on any atom is -0.495 e. The lowest BCUT2D eigenvalue weighted by Crippen LogP contribution is -2.14. The van der Waals surface area contributed by atoms with Crippen LogP contribution in [0.3, 0.4) is 0 Å². The van der Waals surface area contributed by atoms with Crippen LogP contribution in [0.5, 0.6) is 11.5 Å². The van der Waals surface area contributed by atoms with E-state index in [1.807, 2.05) is 0 Å². The molecule has 9 heteroatoms. The number of hydrogen-bond acceptors (Lipinski definition) is 5.